The topological polar surface area (TPSA) is 72.5 Å². The van der Waals surface area contributed by atoms with Gasteiger partial charge in [-0.1, -0.05) is 35.9 Å². The maximum atomic E-state index is 12.3. The molecule has 1 aliphatic heterocycles. The van der Waals surface area contributed by atoms with Crippen LogP contribution in [0.2, 0.25) is 5.02 Å². The number of rotatable bonds is 6. The average Bonchev–Trinajstić information content (AvgIpc) is 3.20. The van der Waals surface area contributed by atoms with E-state index in [9.17, 15) is 4.79 Å². The lowest BCUT2D eigenvalue weighted by Crippen LogP contribution is -2.22. The molecule has 3 aromatic rings. The van der Waals surface area contributed by atoms with E-state index in [-0.39, 0.29) is 12.7 Å². The molecule has 28 heavy (non-hydrogen) atoms. The van der Waals surface area contributed by atoms with Crippen molar-refractivity contribution in [3.63, 3.8) is 0 Å². The van der Waals surface area contributed by atoms with E-state index < -0.39 is 0 Å². The van der Waals surface area contributed by atoms with Crippen LogP contribution in [-0.4, -0.2) is 17.7 Å². The second-order valence-corrected chi connectivity index (χ2v) is 6.65. The van der Waals surface area contributed by atoms with Gasteiger partial charge in [0, 0.05) is 24.3 Å². The van der Waals surface area contributed by atoms with Gasteiger partial charge in [-0.15, -0.1) is 0 Å². The number of halogens is 1. The molecule has 2 N–H and O–H groups in total. The number of nitrogens with one attached hydrogen (secondary N) is 2. The highest BCUT2D eigenvalue weighted by Gasteiger charge is 2.13. The highest BCUT2D eigenvalue weighted by Crippen LogP contribution is 2.32. The van der Waals surface area contributed by atoms with Gasteiger partial charge in [-0.2, -0.15) is 0 Å². The van der Waals surface area contributed by atoms with Crippen LogP contribution in [0.5, 0.6) is 11.5 Å². The highest BCUT2D eigenvalue weighted by atomic mass is 35.5. The molecular weight excluding hydrogens is 378 g/mol. The number of anilines is 1. The number of nitrogens with zero attached hydrogens (tertiary/aromatic N) is 1. The summed E-state index contributed by atoms with van der Waals surface area (Å²) >= 11 is 6.15. The molecule has 1 amide bonds. The van der Waals surface area contributed by atoms with Crippen molar-refractivity contribution in [2.45, 2.75) is 13.1 Å². The molecular formula is C21H18ClN3O3. The van der Waals surface area contributed by atoms with Crippen molar-refractivity contribution >= 4 is 23.3 Å². The Morgan fingerprint density at radius 1 is 1.04 bits per heavy atom. The van der Waals surface area contributed by atoms with Crippen molar-refractivity contribution in [1.29, 1.82) is 0 Å². The number of fused-ring (bicyclic) bond motifs is 1. The fourth-order valence-electron chi connectivity index (χ4n) is 2.80. The lowest BCUT2D eigenvalue weighted by molar-refractivity contribution is 0.0950. The van der Waals surface area contributed by atoms with Crippen LogP contribution in [0.4, 0.5) is 5.82 Å². The van der Waals surface area contributed by atoms with Crippen molar-refractivity contribution in [3.05, 3.63) is 82.5 Å². The van der Waals surface area contributed by atoms with Crippen LogP contribution in [0.1, 0.15) is 21.5 Å². The minimum Gasteiger partial charge on any atom is -0.454 e. The van der Waals surface area contributed by atoms with E-state index >= 15 is 0 Å². The van der Waals surface area contributed by atoms with Gasteiger partial charge in [0.25, 0.3) is 5.91 Å². The van der Waals surface area contributed by atoms with Crippen molar-refractivity contribution in [1.82, 2.24) is 10.3 Å². The fourth-order valence-corrected chi connectivity index (χ4v) is 3.00. The maximum Gasteiger partial charge on any atom is 0.253 e. The molecule has 0 radical (unpaired) electrons. The van der Waals surface area contributed by atoms with Gasteiger partial charge in [0.15, 0.2) is 11.5 Å². The molecule has 2 aromatic carbocycles. The Hall–Kier alpha value is -3.25. The summed E-state index contributed by atoms with van der Waals surface area (Å²) in [7, 11) is 0. The molecule has 142 valence electrons. The summed E-state index contributed by atoms with van der Waals surface area (Å²) in [4.78, 5) is 16.6. The first-order chi connectivity index (χ1) is 13.7. The molecule has 4 rings (SSSR count). The van der Waals surface area contributed by atoms with Crippen LogP contribution in [0.15, 0.2) is 60.8 Å². The van der Waals surface area contributed by atoms with Crippen molar-refractivity contribution < 1.29 is 14.3 Å². The minimum absolute atomic E-state index is 0.192. The molecule has 0 aliphatic carbocycles. The van der Waals surface area contributed by atoms with Crippen LogP contribution in [-0.2, 0) is 13.1 Å². The fraction of sp³-hybridized carbons (Fsp3) is 0.143. The summed E-state index contributed by atoms with van der Waals surface area (Å²) in [5.74, 6) is 1.90. The van der Waals surface area contributed by atoms with E-state index in [0.717, 1.165) is 16.9 Å². The molecule has 0 unspecified atom stereocenters. The second-order valence-electron chi connectivity index (χ2n) is 6.25. The van der Waals surface area contributed by atoms with Gasteiger partial charge in [0.2, 0.25) is 6.79 Å². The largest absolute Gasteiger partial charge is 0.454 e. The Labute approximate surface area is 167 Å². The predicted molar refractivity (Wildman–Crippen MR) is 107 cm³/mol. The Balaban J connectivity index is 1.32. The molecule has 6 nitrogen and oxygen atoms in total. The van der Waals surface area contributed by atoms with E-state index in [1.54, 1.807) is 18.3 Å². The molecule has 1 aliphatic rings. The first-order valence-corrected chi connectivity index (χ1v) is 9.17. The number of pyridine rings is 1. The number of hydrogen-bond donors (Lipinski definition) is 2. The Morgan fingerprint density at radius 3 is 2.71 bits per heavy atom. The van der Waals surface area contributed by atoms with Crippen LogP contribution in [0.3, 0.4) is 0 Å². The summed E-state index contributed by atoms with van der Waals surface area (Å²) in [5.41, 5.74) is 2.41. The Morgan fingerprint density at radius 2 is 1.89 bits per heavy atom. The van der Waals surface area contributed by atoms with Crippen LogP contribution >= 0.6 is 11.6 Å². The molecule has 0 bridgehead atoms. The molecule has 0 saturated carbocycles. The summed E-state index contributed by atoms with van der Waals surface area (Å²) in [6.07, 6.45) is 1.55. The van der Waals surface area contributed by atoms with E-state index in [1.807, 2.05) is 42.5 Å². The molecule has 1 aromatic heterocycles. The lowest BCUT2D eigenvalue weighted by Gasteiger charge is -2.09. The third-order valence-electron chi connectivity index (χ3n) is 4.33. The van der Waals surface area contributed by atoms with Gasteiger partial charge >= 0.3 is 0 Å². The number of ether oxygens (including phenoxy) is 2. The van der Waals surface area contributed by atoms with Crippen LogP contribution in [0.25, 0.3) is 0 Å². The summed E-state index contributed by atoms with van der Waals surface area (Å²) in [6.45, 7) is 1.18. The number of carbonyl (C=O) groups is 1. The Bertz CT molecular complexity index is 992. The first kappa shape index (κ1) is 18.1. The van der Waals surface area contributed by atoms with Gasteiger partial charge in [-0.05, 0) is 41.5 Å². The summed E-state index contributed by atoms with van der Waals surface area (Å²) in [5, 5.41) is 6.78. The highest BCUT2D eigenvalue weighted by molar-refractivity contribution is 6.31. The normalized spacial score (nSPS) is 11.9. The zero-order valence-corrected chi connectivity index (χ0v) is 15.7. The van der Waals surface area contributed by atoms with E-state index in [2.05, 4.69) is 15.6 Å². The molecule has 0 fully saturated rings. The van der Waals surface area contributed by atoms with Crippen molar-refractivity contribution in [2.75, 3.05) is 12.1 Å². The smallest absolute Gasteiger partial charge is 0.253 e. The van der Waals surface area contributed by atoms with Crippen LogP contribution in [0, 0.1) is 0 Å². The molecule has 0 saturated heterocycles. The second kappa shape index (κ2) is 8.19. The average molecular weight is 396 g/mol. The third kappa shape index (κ3) is 4.18. The van der Waals surface area contributed by atoms with Gasteiger partial charge in [0.05, 0.1) is 5.56 Å². The van der Waals surface area contributed by atoms with Gasteiger partial charge in [-0.3, -0.25) is 4.79 Å². The molecule has 7 heteroatoms. The zero-order chi connectivity index (χ0) is 19.3. The third-order valence-corrected chi connectivity index (χ3v) is 4.70. The number of hydrogen-bond acceptors (Lipinski definition) is 5. The first-order valence-electron chi connectivity index (χ1n) is 8.79. The standard InChI is InChI=1S/C21H18ClN3O3/c22-17-4-2-1-3-15(17)11-23-20-8-6-16(12-24-20)21(26)25-10-14-5-7-18-19(9-14)28-13-27-18/h1-9,12H,10-11,13H2,(H,23,24)(H,25,26). The number of aromatic nitrogens is 1. The predicted octanol–water partition coefficient (Wildman–Crippen LogP) is 4.01. The SMILES string of the molecule is O=C(NCc1ccc2c(c1)OCO2)c1ccc(NCc2ccccc2Cl)nc1. The monoisotopic (exact) mass is 395 g/mol. The summed E-state index contributed by atoms with van der Waals surface area (Å²) in [6, 6.07) is 16.7. The van der Waals surface area contributed by atoms with E-state index in [1.165, 1.54) is 0 Å². The maximum absolute atomic E-state index is 12.3. The van der Waals surface area contributed by atoms with Gasteiger partial charge in [0.1, 0.15) is 5.82 Å². The van der Waals surface area contributed by atoms with Crippen LogP contribution < -0.4 is 20.1 Å². The quantitative estimate of drug-likeness (QED) is 0.659. The van der Waals surface area contributed by atoms with Gasteiger partial charge in [-0.25, -0.2) is 4.98 Å². The molecule has 2 heterocycles. The van der Waals surface area contributed by atoms with Gasteiger partial charge < -0.3 is 20.1 Å². The van der Waals surface area contributed by atoms with Crippen molar-refractivity contribution in [3.8, 4) is 11.5 Å². The minimum atomic E-state index is -0.192. The number of benzene rings is 2. The van der Waals surface area contributed by atoms with E-state index in [4.69, 9.17) is 21.1 Å². The summed E-state index contributed by atoms with van der Waals surface area (Å²) < 4.78 is 10.6. The number of carbonyl (C=O) groups excluding carboxylic acids is 1. The Kier molecular flexibility index (Phi) is 5.30. The molecule has 0 atom stereocenters. The zero-order valence-electron chi connectivity index (χ0n) is 14.9. The lowest BCUT2D eigenvalue weighted by atomic mass is 10.2. The van der Waals surface area contributed by atoms with E-state index in [0.29, 0.717) is 35.2 Å². The number of amides is 1. The van der Waals surface area contributed by atoms with Crippen molar-refractivity contribution in [2.24, 2.45) is 0 Å². The molecule has 0 spiro atoms.